The molecule has 1 aliphatic rings. The van der Waals surface area contributed by atoms with Crippen LogP contribution in [-0.4, -0.2) is 59.7 Å². The number of H-pyrrole nitrogens is 1. The van der Waals surface area contributed by atoms with E-state index in [9.17, 15) is 19.1 Å². The standard InChI is InChI=1S/C29H39FN4O3S.2BrH/c30-23-7-5-6-21(20-23)12-15-31-17-14-26(36)34(24-8-3-1-2-4-9-24)19-18-32-16-13-22-10-11-25(35)27-28(22)38-29(37)33-27;;/h5-7,10-11,20,24,31-32,35H,1-4,8-9,12-19H2,(H,33,37);2*1H. The Bertz CT molecular complexity index is 1250. The Labute approximate surface area is 260 Å². The van der Waals surface area contributed by atoms with Gasteiger partial charge in [-0.15, -0.1) is 34.0 Å². The van der Waals surface area contributed by atoms with Gasteiger partial charge >= 0.3 is 4.87 Å². The van der Waals surface area contributed by atoms with Crippen molar-refractivity contribution < 1.29 is 14.3 Å². The first-order valence-electron chi connectivity index (χ1n) is 13.8. The lowest BCUT2D eigenvalue weighted by molar-refractivity contribution is -0.133. The first kappa shape index (κ1) is 34.4. The van der Waals surface area contributed by atoms with Crippen LogP contribution in [0.3, 0.4) is 0 Å². The van der Waals surface area contributed by atoms with Crippen molar-refractivity contribution in [2.75, 3.05) is 32.7 Å². The number of benzene rings is 2. The molecular formula is C29H41Br2FN4O3S. The van der Waals surface area contributed by atoms with E-state index in [1.807, 2.05) is 12.1 Å². The number of aromatic hydroxyl groups is 1. The fourth-order valence-corrected chi connectivity index (χ4v) is 6.18. The molecular weight excluding hydrogens is 663 g/mol. The lowest BCUT2D eigenvalue weighted by atomic mass is 10.1. The van der Waals surface area contributed by atoms with E-state index in [0.29, 0.717) is 44.2 Å². The average Bonchev–Trinajstić information content (AvgIpc) is 3.11. The SMILES string of the molecule is Br.Br.O=C(CCNCCc1cccc(F)c1)N(CCNCCc1ccc(O)c2[nH]c(=O)sc12)C1CCCCCC1. The molecule has 0 saturated heterocycles. The van der Waals surface area contributed by atoms with Gasteiger partial charge in [0, 0.05) is 32.1 Å². The van der Waals surface area contributed by atoms with E-state index < -0.39 is 0 Å². The Morgan fingerprint density at radius 3 is 2.48 bits per heavy atom. The molecule has 222 valence electrons. The van der Waals surface area contributed by atoms with E-state index in [1.54, 1.807) is 18.2 Å². The number of carbonyl (C=O) groups is 1. The number of aromatic amines is 1. The maximum absolute atomic E-state index is 13.4. The number of phenolic OH excluding ortho intramolecular Hbond substituents is 1. The number of phenols is 1. The van der Waals surface area contributed by atoms with Crippen LogP contribution in [0.25, 0.3) is 10.2 Å². The zero-order chi connectivity index (χ0) is 26.7. The highest BCUT2D eigenvalue weighted by atomic mass is 79.9. The predicted octanol–water partition coefficient (Wildman–Crippen LogP) is 5.50. The Morgan fingerprint density at radius 2 is 1.73 bits per heavy atom. The third kappa shape index (κ3) is 10.2. The van der Waals surface area contributed by atoms with Gasteiger partial charge in [-0.3, -0.25) is 9.59 Å². The number of halogens is 3. The number of carbonyl (C=O) groups excluding carboxylic acids is 1. The second-order valence-electron chi connectivity index (χ2n) is 10.1. The highest BCUT2D eigenvalue weighted by Crippen LogP contribution is 2.28. The molecule has 1 heterocycles. The summed E-state index contributed by atoms with van der Waals surface area (Å²) in [7, 11) is 0. The van der Waals surface area contributed by atoms with Crippen LogP contribution in [0, 0.1) is 5.82 Å². The van der Waals surface area contributed by atoms with Crippen LogP contribution in [0.1, 0.15) is 56.1 Å². The van der Waals surface area contributed by atoms with E-state index in [1.165, 1.54) is 31.7 Å². The molecule has 0 aliphatic heterocycles. The average molecular weight is 705 g/mol. The fraction of sp³-hybridized carbons (Fsp3) is 0.517. The van der Waals surface area contributed by atoms with Crippen LogP contribution in [0.4, 0.5) is 4.39 Å². The van der Waals surface area contributed by atoms with E-state index in [4.69, 9.17) is 0 Å². The van der Waals surface area contributed by atoms with Crippen LogP contribution < -0.4 is 15.5 Å². The van der Waals surface area contributed by atoms with Crippen molar-refractivity contribution >= 4 is 61.4 Å². The molecule has 0 unspecified atom stereocenters. The van der Waals surface area contributed by atoms with Crippen LogP contribution in [0.15, 0.2) is 41.2 Å². The normalized spacial score (nSPS) is 13.8. The van der Waals surface area contributed by atoms with Gasteiger partial charge in [0.15, 0.2) is 0 Å². The number of hydrogen-bond donors (Lipinski definition) is 4. The number of rotatable bonds is 13. The van der Waals surface area contributed by atoms with Crippen molar-refractivity contribution in [1.29, 1.82) is 0 Å². The van der Waals surface area contributed by atoms with Crippen LogP contribution in [0.2, 0.25) is 0 Å². The maximum atomic E-state index is 13.4. The fourth-order valence-electron chi connectivity index (χ4n) is 5.29. The first-order valence-corrected chi connectivity index (χ1v) is 14.6. The van der Waals surface area contributed by atoms with E-state index in [-0.39, 0.29) is 56.3 Å². The molecule has 4 N–H and O–H groups in total. The highest BCUT2D eigenvalue weighted by molar-refractivity contribution is 8.93. The quantitative estimate of drug-likeness (QED) is 0.139. The smallest absolute Gasteiger partial charge is 0.305 e. The van der Waals surface area contributed by atoms with Gasteiger partial charge in [0.1, 0.15) is 17.1 Å². The zero-order valence-corrected chi connectivity index (χ0v) is 27.0. The van der Waals surface area contributed by atoms with E-state index >= 15 is 0 Å². The zero-order valence-electron chi connectivity index (χ0n) is 22.8. The number of amides is 1. The summed E-state index contributed by atoms with van der Waals surface area (Å²) in [5, 5.41) is 16.8. The van der Waals surface area contributed by atoms with Crippen LogP contribution >= 0.6 is 45.3 Å². The molecule has 7 nitrogen and oxygen atoms in total. The first-order chi connectivity index (χ1) is 18.5. The van der Waals surface area contributed by atoms with E-state index in [0.717, 1.165) is 59.4 Å². The third-order valence-electron chi connectivity index (χ3n) is 7.32. The van der Waals surface area contributed by atoms with E-state index in [2.05, 4.69) is 20.5 Å². The highest BCUT2D eigenvalue weighted by Gasteiger charge is 2.24. The summed E-state index contributed by atoms with van der Waals surface area (Å²) in [6.45, 7) is 3.43. The van der Waals surface area contributed by atoms with Crippen molar-refractivity contribution in [3.63, 3.8) is 0 Å². The Morgan fingerprint density at radius 1 is 1.00 bits per heavy atom. The minimum Gasteiger partial charge on any atom is -0.506 e. The van der Waals surface area contributed by atoms with Gasteiger partial charge in [-0.1, -0.05) is 55.2 Å². The Balaban J connectivity index is 0.00000280. The minimum absolute atomic E-state index is 0. The van der Waals surface area contributed by atoms with Gasteiger partial charge in [-0.2, -0.15) is 0 Å². The summed E-state index contributed by atoms with van der Waals surface area (Å²) in [4.78, 5) is 29.6. The van der Waals surface area contributed by atoms with Crippen LogP contribution in [-0.2, 0) is 17.6 Å². The molecule has 0 atom stereocenters. The second kappa shape index (κ2) is 17.9. The third-order valence-corrected chi connectivity index (χ3v) is 8.28. The largest absolute Gasteiger partial charge is 0.506 e. The number of hydrogen-bond acceptors (Lipinski definition) is 6. The lowest BCUT2D eigenvalue weighted by Crippen LogP contribution is -2.45. The summed E-state index contributed by atoms with van der Waals surface area (Å²) < 4.78 is 14.2. The summed E-state index contributed by atoms with van der Waals surface area (Å²) in [6, 6.07) is 10.4. The van der Waals surface area contributed by atoms with Crippen molar-refractivity contribution in [1.82, 2.24) is 20.5 Å². The minimum atomic E-state index is -0.219. The van der Waals surface area contributed by atoms with Gasteiger partial charge < -0.3 is 25.6 Å². The molecule has 4 rings (SSSR count). The topological polar surface area (TPSA) is 97.5 Å². The van der Waals surface area contributed by atoms with Crippen molar-refractivity contribution in [3.8, 4) is 5.75 Å². The maximum Gasteiger partial charge on any atom is 0.305 e. The molecule has 1 aromatic heterocycles. The number of aromatic nitrogens is 1. The lowest BCUT2D eigenvalue weighted by Gasteiger charge is -2.32. The molecule has 1 fully saturated rings. The molecule has 1 amide bonds. The summed E-state index contributed by atoms with van der Waals surface area (Å²) in [5.41, 5.74) is 2.48. The Kier molecular flexibility index (Phi) is 15.4. The molecule has 1 saturated carbocycles. The summed E-state index contributed by atoms with van der Waals surface area (Å²) >= 11 is 1.12. The molecule has 40 heavy (non-hydrogen) atoms. The van der Waals surface area contributed by atoms with Crippen molar-refractivity contribution in [2.24, 2.45) is 0 Å². The second-order valence-corrected chi connectivity index (χ2v) is 11.1. The van der Waals surface area contributed by atoms with Crippen LogP contribution in [0.5, 0.6) is 5.75 Å². The molecule has 11 heteroatoms. The number of thiazole rings is 1. The van der Waals surface area contributed by atoms with Gasteiger partial charge in [0.2, 0.25) is 5.91 Å². The molecule has 1 aliphatic carbocycles. The van der Waals surface area contributed by atoms with Crippen molar-refractivity contribution in [3.05, 3.63) is 63.0 Å². The molecule has 0 radical (unpaired) electrons. The molecule has 3 aromatic rings. The molecule has 0 spiro atoms. The van der Waals surface area contributed by atoms with Gasteiger partial charge in [0.05, 0.1) is 4.70 Å². The van der Waals surface area contributed by atoms with Gasteiger partial charge in [-0.25, -0.2) is 4.39 Å². The Hall–Kier alpha value is -1.79. The molecule has 2 aromatic carbocycles. The van der Waals surface area contributed by atoms with Crippen molar-refractivity contribution in [2.45, 2.75) is 63.8 Å². The van der Waals surface area contributed by atoms with Gasteiger partial charge in [0.25, 0.3) is 0 Å². The predicted molar refractivity (Wildman–Crippen MR) is 172 cm³/mol. The summed E-state index contributed by atoms with van der Waals surface area (Å²) in [6.07, 6.45) is 8.88. The number of nitrogens with zero attached hydrogens (tertiary/aromatic N) is 1. The number of nitrogens with one attached hydrogen (secondary N) is 3. The van der Waals surface area contributed by atoms with Gasteiger partial charge in [-0.05, 0) is 68.1 Å². The number of fused-ring (bicyclic) bond motifs is 1. The summed E-state index contributed by atoms with van der Waals surface area (Å²) in [5.74, 6) is 0.0636. The monoisotopic (exact) mass is 702 g/mol. The molecule has 0 bridgehead atoms.